The molecule has 0 aromatic carbocycles. The number of piperidine rings is 1. The molecule has 112 valence electrons. The first-order valence-corrected chi connectivity index (χ1v) is 7.70. The van der Waals surface area contributed by atoms with E-state index < -0.39 is 0 Å². The maximum atomic E-state index is 12.0. The molecule has 1 saturated heterocycles. The van der Waals surface area contributed by atoms with E-state index in [0.29, 0.717) is 0 Å². The van der Waals surface area contributed by atoms with Crippen LogP contribution in [0.25, 0.3) is 0 Å². The van der Waals surface area contributed by atoms with E-state index in [1.54, 1.807) is 0 Å². The van der Waals surface area contributed by atoms with Gasteiger partial charge in [0.1, 0.15) is 0 Å². The molecule has 0 spiro atoms. The van der Waals surface area contributed by atoms with Crippen molar-refractivity contribution in [2.24, 2.45) is 5.92 Å². The molecule has 2 rings (SSSR count). The second kappa shape index (κ2) is 8.11. The maximum absolute atomic E-state index is 12.0. The molecule has 0 atom stereocenters. The van der Waals surface area contributed by atoms with Crippen molar-refractivity contribution in [1.82, 2.24) is 10.6 Å². The normalized spacial score (nSPS) is 23.4. The van der Waals surface area contributed by atoms with Crippen molar-refractivity contribution in [2.45, 2.75) is 70.3 Å². The monoisotopic (exact) mass is 288 g/mol. The van der Waals surface area contributed by atoms with Gasteiger partial charge in [-0.3, -0.25) is 4.79 Å². The molecule has 0 radical (unpaired) electrons. The molecule has 2 fully saturated rings. The van der Waals surface area contributed by atoms with E-state index in [1.807, 2.05) is 0 Å². The SMILES string of the molecule is CC1(NC(=O)CCC2CCNCC2)CCCCC1.Cl. The number of hydrogen-bond acceptors (Lipinski definition) is 2. The van der Waals surface area contributed by atoms with Crippen LogP contribution >= 0.6 is 12.4 Å². The lowest BCUT2D eigenvalue weighted by molar-refractivity contribution is -0.123. The van der Waals surface area contributed by atoms with E-state index in [4.69, 9.17) is 0 Å². The summed E-state index contributed by atoms with van der Waals surface area (Å²) in [6, 6.07) is 0. The van der Waals surface area contributed by atoms with Crippen molar-refractivity contribution < 1.29 is 4.79 Å². The predicted octanol–water partition coefficient (Wildman–Crippen LogP) is 3.03. The summed E-state index contributed by atoms with van der Waals surface area (Å²) < 4.78 is 0. The van der Waals surface area contributed by atoms with Crippen LogP contribution in [0.2, 0.25) is 0 Å². The third-order valence-electron chi connectivity index (χ3n) is 4.64. The van der Waals surface area contributed by atoms with Crippen molar-refractivity contribution in [2.75, 3.05) is 13.1 Å². The zero-order chi connectivity index (χ0) is 12.8. The summed E-state index contributed by atoms with van der Waals surface area (Å²) in [5.41, 5.74) is 0.0868. The molecule has 4 heteroatoms. The highest BCUT2D eigenvalue weighted by Crippen LogP contribution is 2.27. The minimum absolute atomic E-state index is 0. The Morgan fingerprint density at radius 3 is 2.47 bits per heavy atom. The molecule has 0 unspecified atom stereocenters. The van der Waals surface area contributed by atoms with Gasteiger partial charge in [-0.1, -0.05) is 19.3 Å². The zero-order valence-corrected chi connectivity index (χ0v) is 13.0. The summed E-state index contributed by atoms with van der Waals surface area (Å²) in [5, 5.41) is 6.65. The van der Waals surface area contributed by atoms with Gasteiger partial charge in [0.15, 0.2) is 0 Å². The van der Waals surface area contributed by atoms with Crippen LogP contribution in [-0.2, 0) is 4.79 Å². The minimum Gasteiger partial charge on any atom is -0.351 e. The summed E-state index contributed by atoms with van der Waals surface area (Å²) in [5.74, 6) is 1.04. The molecular weight excluding hydrogens is 260 g/mol. The highest BCUT2D eigenvalue weighted by Gasteiger charge is 2.28. The molecule has 3 nitrogen and oxygen atoms in total. The number of carbonyl (C=O) groups is 1. The molecular formula is C15H29ClN2O. The molecule has 1 amide bonds. The van der Waals surface area contributed by atoms with Crippen LogP contribution in [0.5, 0.6) is 0 Å². The van der Waals surface area contributed by atoms with E-state index in [0.717, 1.165) is 44.7 Å². The first-order valence-electron chi connectivity index (χ1n) is 7.70. The molecule has 0 bridgehead atoms. The van der Waals surface area contributed by atoms with Gasteiger partial charge in [-0.05, 0) is 58.0 Å². The molecule has 1 aliphatic carbocycles. The number of rotatable bonds is 4. The van der Waals surface area contributed by atoms with Crippen molar-refractivity contribution in [1.29, 1.82) is 0 Å². The van der Waals surface area contributed by atoms with Gasteiger partial charge in [-0.2, -0.15) is 0 Å². The van der Waals surface area contributed by atoms with Gasteiger partial charge in [0.05, 0.1) is 0 Å². The Hall–Kier alpha value is -0.280. The zero-order valence-electron chi connectivity index (χ0n) is 12.2. The van der Waals surface area contributed by atoms with E-state index >= 15 is 0 Å². The fourth-order valence-corrected chi connectivity index (χ4v) is 3.36. The summed E-state index contributed by atoms with van der Waals surface area (Å²) in [7, 11) is 0. The Bertz CT molecular complexity index is 271. The summed E-state index contributed by atoms with van der Waals surface area (Å²) >= 11 is 0. The van der Waals surface area contributed by atoms with Gasteiger partial charge in [0, 0.05) is 12.0 Å². The molecule has 2 N–H and O–H groups in total. The molecule has 1 saturated carbocycles. The third-order valence-corrected chi connectivity index (χ3v) is 4.64. The Kier molecular flexibility index (Phi) is 7.16. The lowest BCUT2D eigenvalue weighted by atomic mass is 9.83. The van der Waals surface area contributed by atoms with Crippen LogP contribution < -0.4 is 10.6 Å². The molecule has 1 aliphatic heterocycles. The van der Waals surface area contributed by atoms with Crippen LogP contribution in [0.4, 0.5) is 0 Å². The Morgan fingerprint density at radius 2 is 1.84 bits per heavy atom. The maximum Gasteiger partial charge on any atom is 0.220 e. The summed E-state index contributed by atoms with van der Waals surface area (Å²) in [6.07, 6.45) is 10.5. The number of amides is 1. The quantitative estimate of drug-likeness (QED) is 0.835. The number of halogens is 1. The number of carbonyl (C=O) groups excluding carboxylic acids is 1. The molecule has 2 aliphatic rings. The predicted molar refractivity (Wildman–Crippen MR) is 81.7 cm³/mol. The number of hydrogen-bond donors (Lipinski definition) is 2. The summed E-state index contributed by atoms with van der Waals surface area (Å²) in [6.45, 7) is 4.47. The second-order valence-electron chi connectivity index (χ2n) is 6.40. The fraction of sp³-hybridized carbons (Fsp3) is 0.933. The molecule has 19 heavy (non-hydrogen) atoms. The van der Waals surface area contributed by atoms with Crippen LogP contribution in [0.3, 0.4) is 0 Å². The standard InChI is InChI=1S/C15H28N2O.ClH/c1-15(9-3-2-4-10-15)17-14(18)6-5-13-7-11-16-12-8-13;/h13,16H,2-12H2,1H3,(H,17,18);1H. The van der Waals surface area contributed by atoms with E-state index in [9.17, 15) is 4.79 Å². The van der Waals surface area contributed by atoms with Gasteiger partial charge in [-0.15, -0.1) is 12.4 Å². The van der Waals surface area contributed by atoms with Crippen molar-refractivity contribution in [3.05, 3.63) is 0 Å². The summed E-state index contributed by atoms with van der Waals surface area (Å²) in [4.78, 5) is 12.0. The average Bonchev–Trinajstić information content (AvgIpc) is 2.38. The Balaban J connectivity index is 0.00000180. The second-order valence-corrected chi connectivity index (χ2v) is 6.40. The molecule has 0 aromatic rings. The molecule has 1 heterocycles. The van der Waals surface area contributed by atoms with Crippen LogP contribution in [0.15, 0.2) is 0 Å². The van der Waals surface area contributed by atoms with Gasteiger partial charge < -0.3 is 10.6 Å². The van der Waals surface area contributed by atoms with Gasteiger partial charge in [0.25, 0.3) is 0 Å². The minimum atomic E-state index is 0. The smallest absolute Gasteiger partial charge is 0.220 e. The van der Waals surface area contributed by atoms with Crippen LogP contribution in [0, 0.1) is 5.92 Å². The molecule has 0 aromatic heterocycles. The van der Waals surface area contributed by atoms with E-state index in [-0.39, 0.29) is 23.9 Å². The largest absolute Gasteiger partial charge is 0.351 e. The Morgan fingerprint density at radius 1 is 1.21 bits per heavy atom. The van der Waals surface area contributed by atoms with Gasteiger partial charge >= 0.3 is 0 Å². The first-order chi connectivity index (χ1) is 8.68. The average molecular weight is 289 g/mol. The fourth-order valence-electron chi connectivity index (χ4n) is 3.36. The Labute approximate surface area is 123 Å². The van der Waals surface area contributed by atoms with E-state index in [1.165, 1.54) is 32.1 Å². The van der Waals surface area contributed by atoms with Crippen LogP contribution in [0.1, 0.15) is 64.7 Å². The first kappa shape index (κ1) is 16.8. The van der Waals surface area contributed by atoms with Crippen molar-refractivity contribution in [3.8, 4) is 0 Å². The van der Waals surface area contributed by atoms with Crippen LogP contribution in [-0.4, -0.2) is 24.5 Å². The highest BCUT2D eigenvalue weighted by atomic mass is 35.5. The third kappa shape index (κ3) is 5.70. The highest BCUT2D eigenvalue weighted by molar-refractivity contribution is 5.85. The van der Waals surface area contributed by atoms with E-state index in [2.05, 4.69) is 17.6 Å². The van der Waals surface area contributed by atoms with Crippen molar-refractivity contribution >= 4 is 18.3 Å². The van der Waals surface area contributed by atoms with Crippen molar-refractivity contribution in [3.63, 3.8) is 0 Å². The van der Waals surface area contributed by atoms with Gasteiger partial charge in [0.2, 0.25) is 5.91 Å². The topological polar surface area (TPSA) is 41.1 Å². The van der Waals surface area contributed by atoms with Gasteiger partial charge in [-0.25, -0.2) is 0 Å². The lowest BCUT2D eigenvalue weighted by Crippen LogP contribution is -2.47. The number of nitrogens with one attached hydrogen (secondary N) is 2. The lowest BCUT2D eigenvalue weighted by Gasteiger charge is -2.34.